The van der Waals surface area contributed by atoms with Gasteiger partial charge in [-0.2, -0.15) is 0 Å². The summed E-state index contributed by atoms with van der Waals surface area (Å²) in [6.07, 6.45) is 0. The summed E-state index contributed by atoms with van der Waals surface area (Å²) in [5.74, 6) is 0.860. The molecule has 2 rings (SSSR count). The van der Waals surface area contributed by atoms with Crippen LogP contribution in [-0.2, 0) is 0 Å². The molecule has 78 valence electrons. The van der Waals surface area contributed by atoms with Gasteiger partial charge in [0.05, 0.1) is 11.6 Å². The summed E-state index contributed by atoms with van der Waals surface area (Å²) < 4.78 is 5.51. The third-order valence-electron chi connectivity index (χ3n) is 2.25. The molecule has 0 saturated heterocycles. The van der Waals surface area contributed by atoms with E-state index in [9.17, 15) is 10.2 Å². The second-order valence-electron chi connectivity index (χ2n) is 3.14. The fourth-order valence-electron chi connectivity index (χ4n) is 1.46. The molecule has 0 aliphatic rings. The lowest BCUT2D eigenvalue weighted by molar-refractivity contribution is 0.415. The standard InChI is InChI=1S/C11H9BrO3/c1-15-6-2-3-7-8(4-6)10(13)5-9(12)11(7)14/h2-5,13-14H,1H3. The minimum absolute atomic E-state index is 0.105. The Morgan fingerprint density at radius 3 is 2.53 bits per heavy atom. The molecule has 0 saturated carbocycles. The van der Waals surface area contributed by atoms with Crippen LogP contribution >= 0.6 is 15.9 Å². The predicted octanol–water partition coefficient (Wildman–Crippen LogP) is 3.02. The van der Waals surface area contributed by atoms with E-state index in [0.29, 0.717) is 21.0 Å². The molecule has 3 nitrogen and oxygen atoms in total. The monoisotopic (exact) mass is 268 g/mol. The highest BCUT2D eigenvalue weighted by atomic mass is 79.9. The lowest BCUT2D eigenvalue weighted by atomic mass is 10.1. The van der Waals surface area contributed by atoms with Gasteiger partial charge in [0.25, 0.3) is 0 Å². The first-order chi connectivity index (χ1) is 7.13. The number of methoxy groups -OCH3 is 1. The van der Waals surface area contributed by atoms with Crippen LogP contribution in [0.15, 0.2) is 28.7 Å². The molecule has 0 aliphatic heterocycles. The maximum absolute atomic E-state index is 9.75. The van der Waals surface area contributed by atoms with Crippen molar-refractivity contribution in [3.05, 3.63) is 28.7 Å². The van der Waals surface area contributed by atoms with E-state index in [1.54, 1.807) is 25.3 Å². The first kappa shape index (κ1) is 10.1. The number of halogens is 1. The van der Waals surface area contributed by atoms with Crippen LogP contribution in [0.2, 0.25) is 0 Å². The highest BCUT2D eigenvalue weighted by Crippen LogP contribution is 2.39. The van der Waals surface area contributed by atoms with Gasteiger partial charge in [-0.05, 0) is 40.2 Å². The van der Waals surface area contributed by atoms with Crippen molar-refractivity contribution in [2.75, 3.05) is 7.11 Å². The second-order valence-corrected chi connectivity index (χ2v) is 3.99. The van der Waals surface area contributed by atoms with Crippen molar-refractivity contribution in [3.63, 3.8) is 0 Å². The number of rotatable bonds is 1. The molecule has 0 spiro atoms. The third kappa shape index (κ3) is 1.61. The van der Waals surface area contributed by atoms with Crippen molar-refractivity contribution in [2.24, 2.45) is 0 Å². The minimum atomic E-state index is 0.105. The molecule has 0 aromatic heterocycles. The average Bonchev–Trinajstić information content (AvgIpc) is 2.25. The van der Waals surface area contributed by atoms with E-state index in [1.807, 2.05) is 0 Å². The molecule has 0 bridgehead atoms. The molecule has 2 N–H and O–H groups in total. The summed E-state index contributed by atoms with van der Waals surface area (Å²) in [6, 6.07) is 6.57. The van der Waals surface area contributed by atoms with Crippen LogP contribution in [0, 0.1) is 0 Å². The summed E-state index contributed by atoms with van der Waals surface area (Å²) in [4.78, 5) is 0. The molecule has 0 unspecified atom stereocenters. The minimum Gasteiger partial charge on any atom is -0.507 e. The van der Waals surface area contributed by atoms with Gasteiger partial charge in [0.2, 0.25) is 0 Å². The smallest absolute Gasteiger partial charge is 0.137 e. The number of hydrogen-bond acceptors (Lipinski definition) is 3. The topological polar surface area (TPSA) is 49.7 Å². The summed E-state index contributed by atoms with van der Waals surface area (Å²) in [7, 11) is 1.55. The Labute approximate surface area is 95.0 Å². The van der Waals surface area contributed by atoms with Crippen molar-refractivity contribution in [3.8, 4) is 17.2 Å². The van der Waals surface area contributed by atoms with Crippen LogP contribution < -0.4 is 4.74 Å². The van der Waals surface area contributed by atoms with Crippen molar-refractivity contribution in [1.82, 2.24) is 0 Å². The summed E-state index contributed by atoms with van der Waals surface area (Å²) in [5, 5.41) is 20.6. The largest absolute Gasteiger partial charge is 0.507 e. The molecule has 2 aromatic carbocycles. The van der Waals surface area contributed by atoms with Crippen LogP contribution in [0.3, 0.4) is 0 Å². The molecule has 0 atom stereocenters. The molecule has 0 heterocycles. The number of phenolic OH excluding ortho intramolecular Hbond substituents is 2. The van der Waals surface area contributed by atoms with Gasteiger partial charge in [0.1, 0.15) is 17.2 Å². The molecule has 2 aromatic rings. The van der Waals surface area contributed by atoms with E-state index in [0.717, 1.165) is 0 Å². The van der Waals surface area contributed by atoms with Crippen LogP contribution in [-0.4, -0.2) is 17.3 Å². The zero-order chi connectivity index (χ0) is 11.0. The van der Waals surface area contributed by atoms with E-state index >= 15 is 0 Å². The zero-order valence-corrected chi connectivity index (χ0v) is 9.58. The Balaban J connectivity index is 2.84. The Kier molecular flexibility index (Phi) is 2.44. The van der Waals surface area contributed by atoms with Crippen LogP contribution in [0.4, 0.5) is 0 Å². The lowest BCUT2D eigenvalue weighted by Crippen LogP contribution is -1.83. The van der Waals surface area contributed by atoms with Gasteiger partial charge >= 0.3 is 0 Å². The molecule has 15 heavy (non-hydrogen) atoms. The Bertz CT molecular complexity index is 523. The fraction of sp³-hybridized carbons (Fsp3) is 0.0909. The summed E-state index contributed by atoms with van der Waals surface area (Å²) in [6.45, 7) is 0. The molecule has 0 radical (unpaired) electrons. The second kappa shape index (κ2) is 3.62. The molecule has 4 heteroatoms. The molecule has 0 aliphatic carbocycles. The number of fused-ring (bicyclic) bond motifs is 1. The first-order valence-corrected chi connectivity index (χ1v) is 5.11. The van der Waals surface area contributed by atoms with E-state index in [4.69, 9.17) is 4.74 Å². The van der Waals surface area contributed by atoms with Gasteiger partial charge in [-0.1, -0.05) is 0 Å². The van der Waals surface area contributed by atoms with Gasteiger partial charge < -0.3 is 14.9 Å². The fourth-order valence-corrected chi connectivity index (χ4v) is 1.89. The predicted molar refractivity (Wildman–Crippen MR) is 61.5 cm³/mol. The van der Waals surface area contributed by atoms with Crippen molar-refractivity contribution >= 4 is 26.7 Å². The molecule has 0 amide bonds. The van der Waals surface area contributed by atoms with Crippen molar-refractivity contribution in [2.45, 2.75) is 0 Å². The van der Waals surface area contributed by atoms with E-state index < -0.39 is 0 Å². The van der Waals surface area contributed by atoms with Crippen molar-refractivity contribution < 1.29 is 14.9 Å². The number of hydrogen-bond donors (Lipinski definition) is 2. The van der Waals surface area contributed by atoms with Crippen LogP contribution in [0.1, 0.15) is 0 Å². The van der Waals surface area contributed by atoms with E-state index in [2.05, 4.69) is 15.9 Å². The Morgan fingerprint density at radius 2 is 1.87 bits per heavy atom. The molecular formula is C11H9BrO3. The van der Waals surface area contributed by atoms with Crippen LogP contribution in [0.25, 0.3) is 10.8 Å². The maximum Gasteiger partial charge on any atom is 0.137 e. The normalized spacial score (nSPS) is 10.5. The lowest BCUT2D eigenvalue weighted by Gasteiger charge is -2.07. The van der Waals surface area contributed by atoms with Gasteiger partial charge in [-0.25, -0.2) is 0 Å². The summed E-state index contributed by atoms with van der Waals surface area (Å²) in [5.41, 5.74) is 0. The quantitative estimate of drug-likeness (QED) is 0.782. The third-order valence-corrected chi connectivity index (χ3v) is 2.85. The number of ether oxygens (including phenoxy) is 1. The van der Waals surface area contributed by atoms with E-state index in [-0.39, 0.29) is 11.5 Å². The first-order valence-electron chi connectivity index (χ1n) is 4.31. The number of aromatic hydroxyl groups is 2. The van der Waals surface area contributed by atoms with E-state index in [1.165, 1.54) is 6.07 Å². The summed E-state index contributed by atoms with van der Waals surface area (Å²) >= 11 is 3.16. The van der Waals surface area contributed by atoms with Crippen molar-refractivity contribution in [1.29, 1.82) is 0 Å². The molecule has 0 fully saturated rings. The van der Waals surface area contributed by atoms with Gasteiger partial charge in [-0.3, -0.25) is 0 Å². The average molecular weight is 269 g/mol. The van der Waals surface area contributed by atoms with Gasteiger partial charge in [0, 0.05) is 10.8 Å². The molecular weight excluding hydrogens is 260 g/mol. The zero-order valence-electron chi connectivity index (χ0n) is 7.99. The SMILES string of the molecule is COc1ccc2c(O)c(Br)cc(O)c2c1. The Morgan fingerprint density at radius 1 is 1.13 bits per heavy atom. The van der Waals surface area contributed by atoms with Crippen LogP contribution in [0.5, 0.6) is 17.2 Å². The highest BCUT2D eigenvalue weighted by Gasteiger charge is 2.09. The van der Waals surface area contributed by atoms with Gasteiger partial charge in [0.15, 0.2) is 0 Å². The maximum atomic E-state index is 9.75. The highest BCUT2D eigenvalue weighted by molar-refractivity contribution is 9.10. The Hall–Kier alpha value is -1.42. The van der Waals surface area contributed by atoms with Gasteiger partial charge in [-0.15, -0.1) is 0 Å². The number of benzene rings is 2. The number of phenols is 2.